The standard InChI is InChI=1S/C15H12ClN3O4/c1-23-14-7-2-10(8-13(14)19(21)22)9-17-18-15(20)11-3-5-12(16)6-4-11/h2-9H,1H3,(H,18,20)/b17-9+. The molecule has 0 aliphatic heterocycles. The topological polar surface area (TPSA) is 93.8 Å². The van der Waals surface area contributed by atoms with Crippen LogP contribution >= 0.6 is 11.6 Å². The van der Waals surface area contributed by atoms with Crippen molar-refractivity contribution in [2.24, 2.45) is 5.10 Å². The van der Waals surface area contributed by atoms with Crippen LogP contribution in [-0.4, -0.2) is 24.2 Å². The zero-order valence-electron chi connectivity index (χ0n) is 12.0. The zero-order chi connectivity index (χ0) is 16.8. The molecule has 2 rings (SSSR count). The predicted molar refractivity (Wildman–Crippen MR) is 86.2 cm³/mol. The smallest absolute Gasteiger partial charge is 0.311 e. The number of nitro benzene ring substituents is 1. The number of nitrogens with zero attached hydrogens (tertiary/aromatic N) is 2. The van der Waals surface area contributed by atoms with E-state index in [1.807, 2.05) is 0 Å². The molecule has 0 fully saturated rings. The first-order chi connectivity index (χ1) is 11.0. The summed E-state index contributed by atoms with van der Waals surface area (Å²) in [5.74, 6) is -0.265. The van der Waals surface area contributed by atoms with Gasteiger partial charge in [-0.15, -0.1) is 0 Å². The normalized spacial score (nSPS) is 10.5. The first kappa shape index (κ1) is 16.4. The van der Waals surface area contributed by atoms with E-state index >= 15 is 0 Å². The summed E-state index contributed by atoms with van der Waals surface area (Å²) in [4.78, 5) is 22.2. The molecule has 23 heavy (non-hydrogen) atoms. The summed E-state index contributed by atoms with van der Waals surface area (Å²) in [6, 6.07) is 10.7. The van der Waals surface area contributed by atoms with Crippen LogP contribution in [0.1, 0.15) is 15.9 Å². The Balaban J connectivity index is 2.08. The second-order valence-electron chi connectivity index (χ2n) is 4.39. The third kappa shape index (κ3) is 4.27. The number of nitro groups is 1. The highest BCUT2D eigenvalue weighted by Crippen LogP contribution is 2.26. The van der Waals surface area contributed by atoms with E-state index in [9.17, 15) is 14.9 Å². The highest BCUT2D eigenvalue weighted by Gasteiger charge is 2.14. The number of benzene rings is 2. The SMILES string of the molecule is COc1ccc(/C=N/NC(=O)c2ccc(Cl)cc2)cc1[N+](=O)[O-]. The molecule has 2 aromatic rings. The molecule has 0 unspecified atom stereocenters. The van der Waals surface area contributed by atoms with Crippen LogP contribution in [0.2, 0.25) is 5.02 Å². The van der Waals surface area contributed by atoms with Gasteiger partial charge in [-0.1, -0.05) is 11.6 Å². The van der Waals surface area contributed by atoms with Crippen LogP contribution in [0.15, 0.2) is 47.6 Å². The first-order valence-corrected chi connectivity index (χ1v) is 6.80. The molecule has 0 saturated heterocycles. The molecule has 0 spiro atoms. The summed E-state index contributed by atoms with van der Waals surface area (Å²) in [7, 11) is 1.35. The number of carbonyl (C=O) groups is 1. The Hall–Kier alpha value is -2.93. The maximum absolute atomic E-state index is 11.8. The third-order valence-corrected chi connectivity index (χ3v) is 3.14. The van der Waals surface area contributed by atoms with Crippen molar-refractivity contribution in [2.75, 3.05) is 7.11 Å². The number of carbonyl (C=O) groups excluding carboxylic acids is 1. The molecule has 0 aliphatic rings. The number of amides is 1. The van der Waals surface area contributed by atoms with Gasteiger partial charge in [0.2, 0.25) is 0 Å². The van der Waals surface area contributed by atoms with E-state index in [1.54, 1.807) is 30.3 Å². The second kappa shape index (κ2) is 7.37. The van der Waals surface area contributed by atoms with Crippen molar-refractivity contribution in [1.29, 1.82) is 0 Å². The number of methoxy groups -OCH3 is 1. The number of ether oxygens (including phenoxy) is 1. The van der Waals surface area contributed by atoms with Gasteiger partial charge in [-0.2, -0.15) is 5.10 Å². The molecule has 0 atom stereocenters. The van der Waals surface area contributed by atoms with Gasteiger partial charge in [0.15, 0.2) is 5.75 Å². The van der Waals surface area contributed by atoms with Crippen molar-refractivity contribution in [2.45, 2.75) is 0 Å². The number of hydrogen-bond acceptors (Lipinski definition) is 5. The van der Waals surface area contributed by atoms with E-state index in [0.717, 1.165) is 0 Å². The second-order valence-corrected chi connectivity index (χ2v) is 4.83. The van der Waals surface area contributed by atoms with E-state index in [0.29, 0.717) is 16.1 Å². The molecule has 118 valence electrons. The van der Waals surface area contributed by atoms with Crippen molar-refractivity contribution in [3.63, 3.8) is 0 Å². The van der Waals surface area contributed by atoms with Gasteiger partial charge in [0.1, 0.15) is 0 Å². The molecule has 7 nitrogen and oxygen atoms in total. The minimum Gasteiger partial charge on any atom is -0.490 e. The highest BCUT2D eigenvalue weighted by atomic mass is 35.5. The van der Waals surface area contributed by atoms with Crippen LogP contribution < -0.4 is 10.2 Å². The summed E-state index contributed by atoms with van der Waals surface area (Å²) in [5, 5.41) is 15.2. The average Bonchev–Trinajstić information content (AvgIpc) is 2.55. The minimum absolute atomic E-state index is 0.150. The Kier molecular flexibility index (Phi) is 5.27. The molecule has 0 bridgehead atoms. The highest BCUT2D eigenvalue weighted by molar-refractivity contribution is 6.30. The van der Waals surface area contributed by atoms with Crippen molar-refractivity contribution >= 4 is 29.4 Å². The molecule has 0 radical (unpaired) electrons. The summed E-state index contributed by atoms with van der Waals surface area (Å²) in [6.45, 7) is 0. The lowest BCUT2D eigenvalue weighted by Crippen LogP contribution is -2.17. The third-order valence-electron chi connectivity index (χ3n) is 2.89. The van der Waals surface area contributed by atoms with E-state index in [-0.39, 0.29) is 11.4 Å². The van der Waals surface area contributed by atoms with Gasteiger partial charge in [-0.3, -0.25) is 14.9 Å². The number of hydrogen-bond donors (Lipinski definition) is 1. The summed E-state index contributed by atoms with van der Waals surface area (Å²) < 4.78 is 4.91. The Morgan fingerprint density at radius 2 is 2.00 bits per heavy atom. The molecule has 1 amide bonds. The van der Waals surface area contributed by atoms with Gasteiger partial charge in [0, 0.05) is 22.2 Å². The number of halogens is 1. The summed E-state index contributed by atoms with van der Waals surface area (Å²) in [6.07, 6.45) is 1.31. The number of hydrazone groups is 1. The van der Waals surface area contributed by atoms with Crippen LogP contribution in [0.3, 0.4) is 0 Å². The first-order valence-electron chi connectivity index (χ1n) is 6.42. The summed E-state index contributed by atoms with van der Waals surface area (Å²) >= 11 is 5.74. The molecule has 0 heterocycles. The van der Waals surface area contributed by atoms with Crippen LogP contribution in [0.4, 0.5) is 5.69 Å². The maximum atomic E-state index is 11.8. The predicted octanol–water partition coefficient (Wildman–Crippen LogP) is 3.02. The minimum atomic E-state index is -0.553. The number of rotatable bonds is 5. The van der Waals surface area contributed by atoms with E-state index in [4.69, 9.17) is 16.3 Å². The largest absolute Gasteiger partial charge is 0.490 e. The summed E-state index contributed by atoms with van der Waals surface area (Å²) in [5.41, 5.74) is 3.00. The quantitative estimate of drug-likeness (QED) is 0.517. The van der Waals surface area contributed by atoms with Crippen LogP contribution in [0.25, 0.3) is 0 Å². The molecule has 0 aromatic heterocycles. The van der Waals surface area contributed by atoms with E-state index < -0.39 is 10.8 Å². The van der Waals surface area contributed by atoms with Crippen LogP contribution in [0, 0.1) is 10.1 Å². The number of nitrogens with one attached hydrogen (secondary N) is 1. The van der Waals surface area contributed by atoms with Crippen LogP contribution in [0.5, 0.6) is 5.75 Å². The Labute approximate surface area is 136 Å². The van der Waals surface area contributed by atoms with E-state index in [2.05, 4.69) is 10.5 Å². The van der Waals surface area contributed by atoms with Gasteiger partial charge in [0.25, 0.3) is 5.91 Å². The lowest BCUT2D eigenvalue weighted by Gasteiger charge is -2.02. The monoisotopic (exact) mass is 333 g/mol. The van der Waals surface area contributed by atoms with Gasteiger partial charge in [-0.05, 0) is 36.4 Å². The zero-order valence-corrected chi connectivity index (χ0v) is 12.8. The van der Waals surface area contributed by atoms with Crippen molar-refractivity contribution in [3.05, 3.63) is 68.7 Å². The average molecular weight is 334 g/mol. The fourth-order valence-electron chi connectivity index (χ4n) is 1.76. The van der Waals surface area contributed by atoms with Gasteiger partial charge in [0.05, 0.1) is 18.2 Å². The van der Waals surface area contributed by atoms with Crippen molar-refractivity contribution in [1.82, 2.24) is 5.43 Å². The molecule has 0 aliphatic carbocycles. The van der Waals surface area contributed by atoms with Gasteiger partial charge < -0.3 is 4.74 Å². The van der Waals surface area contributed by atoms with Crippen LogP contribution in [-0.2, 0) is 0 Å². The maximum Gasteiger partial charge on any atom is 0.311 e. The van der Waals surface area contributed by atoms with Gasteiger partial charge >= 0.3 is 5.69 Å². The van der Waals surface area contributed by atoms with Gasteiger partial charge in [-0.25, -0.2) is 5.43 Å². The Morgan fingerprint density at radius 3 is 2.61 bits per heavy atom. The molecular formula is C15H12ClN3O4. The molecular weight excluding hydrogens is 322 g/mol. The molecule has 0 saturated carbocycles. The van der Waals surface area contributed by atoms with Crippen molar-refractivity contribution in [3.8, 4) is 5.75 Å². The Morgan fingerprint density at radius 1 is 1.30 bits per heavy atom. The molecule has 2 aromatic carbocycles. The lowest BCUT2D eigenvalue weighted by molar-refractivity contribution is -0.385. The fraction of sp³-hybridized carbons (Fsp3) is 0.0667. The lowest BCUT2D eigenvalue weighted by atomic mass is 10.2. The van der Waals surface area contributed by atoms with E-state index in [1.165, 1.54) is 25.5 Å². The molecule has 8 heteroatoms. The molecule has 1 N–H and O–H groups in total. The fourth-order valence-corrected chi connectivity index (χ4v) is 1.89. The Bertz CT molecular complexity index is 760. The van der Waals surface area contributed by atoms with Crippen molar-refractivity contribution < 1.29 is 14.5 Å².